The number of ether oxygens (including phenoxy) is 1. The lowest BCUT2D eigenvalue weighted by molar-refractivity contribution is -0.123. The number of furan rings is 1. The third kappa shape index (κ3) is 4.69. The lowest BCUT2D eigenvalue weighted by atomic mass is 9.99. The minimum absolute atomic E-state index is 0.0504. The first-order valence-electron chi connectivity index (χ1n) is 6.78. The van der Waals surface area contributed by atoms with E-state index in [1.165, 1.54) is 6.42 Å². The number of likely N-dealkylation sites (tertiary alicyclic amines) is 1. The molecule has 0 spiro atoms. The molecule has 1 aliphatic rings. The van der Waals surface area contributed by atoms with E-state index in [4.69, 9.17) is 9.15 Å². The van der Waals surface area contributed by atoms with Crippen LogP contribution < -0.4 is 5.32 Å². The Morgan fingerprint density at radius 1 is 1.63 bits per heavy atom. The maximum Gasteiger partial charge on any atom is 0.234 e. The number of carbonyl (C=O) groups excluding carboxylic acids is 1. The first kappa shape index (κ1) is 14.1. The standard InChI is InChI=1S/C14H22N2O3/c1-18-11-12-4-2-6-16(9-12)10-14(17)15-8-13-5-3-7-19-13/h3,5,7,12H,2,4,6,8-11H2,1H3,(H,15,17)/t12-/m1/s1. The quantitative estimate of drug-likeness (QED) is 0.842. The van der Waals surface area contributed by atoms with Crippen LogP contribution in [0.4, 0.5) is 0 Å². The summed E-state index contributed by atoms with van der Waals surface area (Å²) in [6.07, 6.45) is 3.94. The second kappa shape index (κ2) is 7.31. The van der Waals surface area contributed by atoms with E-state index in [0.717, 1.165) is 31.9 Å². The second-order valence-corrected chi connectivity index (χ2v) is 5.05. The largest absolute Gasteiger partial charge is 0.467 e. The highest BCUT2D eigenvalue weighted by Crippen LogP contribution is 2.16. The van der Waals surface area contributed by atoms with Crippen LogP contribution in [0.1, 0.15) is 18.6 Å². The Labute approximate surface area is 113 Å². The molecule has 0 aliphatic carbocycles. The van der Waals surface area contributed by atoms with Crippen LogP contribution in [0.5, 0.6) is 0 Å². The molecule has 1 saturated heterocycles. The van der Waals surface area contributed by atoms with E-state index in [-0.39, 0.29) is 5.91 Å². The summed E-state index contributed by atoms with van der Waals surface area (Å²) < 4.78 is 10.4. The van der Waals surface area contributed by atoms with Gasteiger partial charge in [-0.25, -0.2) is 0 Å². The van der Waals surface area contributed by atoms with Crippen molar-refractivity contribution in [1.82, 2.24) is 10.2 Å². The van der Waals surface area contributed by atoms with Gasteiger partial charge in [-0.05, 0) is 37.4 Å². The van der Waals surface area contributed by atoms with Crippen molar-refractivity contribution in [1.29, 1.82) is 0 Å². The number of methoxy groups -OCH3 is 1. The molecule has 2 heterocycles. The van der Waals surface area contributed by atoms with Crippen LogP contribution in [-0.4, -0.2) is 44.2 Å². The summed E-state index contributed by atoms with van der Waals surface area (Å²) in [5, 5.41) is 2.87. The highest BCUT2D eigenvalue weighted by molar-refractivity contribution is 5.77. The Hall–Kier alpha value is -1.33. The first-order chi connectivity index (χ1) is 9.28. The molecule has 5 nitrogen and oxygen atoms in total. The zero-order chi connectivity index (χ0) is 13.5. The minimum Gasteiger partial charge on any atom is -0.467 e. The molecule has 1 aromatic rings. The molecule has 0 saturated carbocycles. The van der Waals surface area contributed by atoms with Gasteiger partial charge in [-0.3, -0.25) is 9.69 Å². The summed E-state index contributed by atoms with van der Waals surface area (Å²) in [5.74, 6) is 1.38. The average molecular weight is 266 g/mol. The molecule has 1 fully saturated rings. The van der Waals surface area contributed by atoms with Gasteiger partial charge in [-0.2, -0.15) is 0 Å². The van der Waals surface area contributed by atoms with E-state index in [0.29, 0.717) is 19.0 Å². The Kier molecular flexibility index (Phi) is 5.42. The molecule has 1 amide bonds. The summed E-state index contributed by atoms with van der Waals surface area (Å²) in [4.78, 5) is 14.0. The maximum atomic E-state index is 11.8. The average Bonchev–Trinajstić information content (AvgIpc) is 2.90. The SMILES string of the molecule is COC[C@@H]1CCCN(CC(=O)NCc2ccco2)C1. The fraction of sp³-hybridized carbons (Fsp3) is 0.643. The van der Waals surface area contributed by atoms with Gasteiger partial charge in [0.1, 0.15) is 5.76 Å². The van der Waals surface area contributed by atoms with E-state index >= 15 is 0 Å². The van der Waals surface area contributed by atoms with Crippen molar-refractivity contribution in [3.8, 4) is 0 Å². The van der Waals surface area contributed by atoms with Crippen LogP contribution in [0.25, 0.3) is 0 Å². The first-order valence-corrected chi connectivity index (χ1v) is 6.78. The molecule has 0 radical (unpaired) electrons. The monoisotopic (exact) mass is 266 g/mol. The second-order valence-electron chi connectivity index (χ2n) is 5.05. The van der Waals surface area contributed by atoms with Crippen molar-refractivity contribution in [2.75, 3.05) is 33.4 Å². The molecule has 0 bridgehead atoms. The van der Waals surface area contributed by atoms with E-state index in [1.54, 1.807) is 13.4 Å². The van der Waals surface area contributed by atoms with E-state index in [2.05, 4.69) is 10.2 Å². The third-order valence-electron chi connectivity index (χ3n) is 3.41. The van der Waals surface area contributed by atoms with Crippen molar-refractivity contribution in [2.45, 2.75) is 19.4 Å². The minimum atomic E-state index is 0.0504. The summed E-state index contributed by atoms with van der Waals surface area (Å²) >= 11 is 0. The summed E-state index contributed by atoms with van der Waals surface area (Å²) in [6.45, 7) is 3.64. The zero-order valence-electron chi connectivity index (χ0n) is 11.4. The number of nitrogens with one attached hydrogen (secondary N) is 1. The molecule has 19 heavy (non-hydrogen) atoms. The molecule has 5 heteroatoms. The van der Waals surface area contributed by atoms with E-state index in [9.17, 15) is 4.79 Å². The van der Waals surface area contributed by atoms with Crippen LogP contribution in [-0.2, 0) is 16.1 Å². The number of amides is 1. The molecule has 1 aromatic heterocycles. The topological polar surface area (TPSA) is 54.7 Å². The van der Waals surface area contributed by atoms with Crippen LogP contribution in [0.3, 0.4) is 0 Å². The van der Waals surface area contributed by atoms with Gasteiger partial charge >= 0.3 is 0 Å². The molecule has 2 rings (SSSR count). The molecule has 0 aromatic carbocycles. The summed E-state index contributed by atoms with van der Waals surface area (Å²) in [6, 6.07) is 3.68. The smallest absolute Gasteiger partial charge is 0.234 e. The van der Waals surface area contributed by atoms with Crippen LogP contribution in [0.15, 0.2) is 22.8 Å². The van der Waals surface area contributed by atoms with Gasteiger partial charge < -0.3 is 14.5 Å². The Morgan fingerprint density at radius 3 is 3.26 bits per heavy atom. The Bertz CT molecular complexity index is 376. The van der Waals surface area contributed by atoms with Crippen molar-refractivity contribution in [3.05, 3.63) is 24.2 Å². The molecule has 106 valence electrons. The number of hydrogen-bond acceptors (Lipinski definition) is 4. The normalized spacial score (nSPS) is 20.4. The number of hydrogen-bond donors (Lipinski definition) is 1. The van der Waals surface area contributed by atoms with Gasteiger partial charge in [0.15, 0.2) is 0 Å². The molecule has 1 aliphatic heterocycles. The number of piperidine rings is 1. The van der Waals surface area contributed by atoms with Gasteiger partial charge in [0.2, 0.25) is 5.91 Å². The third-order valence-corrected chi connectivity index (χ3v) is 3.41. The lowest BCUT2D eigenvalue weighted by Gasteiger charge is -2.31. The van der Waals surface area contributed by atoms with Gasteiger partial charge in [0, 0.05) is 13.7 Å². The van der Waals surface area contributed by atoms with Gasteiger partial charge in [-0.1, -0.05) is 0 Å². The van der Waals surface area contributed by atoms with Gasteiger partial charge in [-0.15, -0.1) is 0 Å². The van der Waals surface area contributed by atoms with Gasteiger partial charge in [0.25, 0.3) is 0 Å². The fourth-order valence-electron chi connectivity index (χ4n) is 2.52. The lowest BCUT2D eigenvalue weighted by Crippen LogP contribution is -2.43. The highest BCUT2D eigenvalue weighted by Gasteiger charge is 2.21. The van der Waals surface area contributed by atoms with Gasteiger partial charge in [0.05, 0.1) is 26.0 Å². The summed E-state index contributed by atoms with van der Waals surface area (Å²) in [7, 11) is 1.73. The Balaban J connectivity index is 1.69. The Morgan fingerprint density at radius 2 is 2.53 bits per heavy atom. The van der Waals surface area contributed by atoms with Crippen LogP contribution in [0.2, 0.25) is 0 Å². The predicted octanol–water partition coefficient (Wildman–Crippen LogP) is 1.25. The number of nitrogens with zero attached hydrogens (tertiary/aromatic N) is 1. The van der Waals surface area contributed by atoms with Crippen LogP contribution in [0, 0.1) is 5.92 Å². The van der Waals surface area contributed by atoms with Crippen molar-refractivity contribution in [2.24, 2.45) is 5.92 Å². The molecule has 1 atom stereocenters. The fourth-order valence-corrected chi connectivity index (χ4v) is 2.52. The van der Waals surface area contributed by atoms with Crippen molar-refractivity contribution in [3.63, 3.8) is 0 Å². The zero-order valence-corrected chi connectivity index (χ0v) is 11.4. The van der Waals surface area contributed by atoms with Crippen LogP contribution >= 0.6 is 0 Å². The maximum absolute atomic E-state index is 11.8. The van der Waals surface area contributed by atoms with Crippen molar-refractivity contribution < 1.29 is 13.9 Å². The summed E-state index contributed by atoms with van der Waals surface area (Å²) in [5.41, 5.74) is 0. The molecular formula is C14H22N2O3. The number of carbonyl (C=O) groups is 1. The molecular weight excluding hydrogens is 244 g/mol. The highest BCUT2D eigenvalue weighted by atomic mass is 16.5. The number of rotatable bonds is 6. The van der Waals surface area contributed by atoms with E-state index < -0.39 is 0 Å². The van der Waals surface area contributed by atoms with Crippen molar-refractivity contribution >= 4 is 5.91 Å². The molecule has 0 unspecified atom stereocenters. The molecule has 1 N–H and O–H groups in total. The van der Waals surface area contributed by atoms with E-state index in [1.807, 2.05) is 12.1 Å². The predicted molar refractivity (Wildman–Crippen MR) is 71.6 cm³/mol.